The summed E-state index contributed by atoms with van der Waals surface area (Å²) in [4.78, 5) is 16.2. The van der Waals surface area contributed by atoms with Crippen molar-refractivity contribution in [2.45, 2.75) is 18.8 Å². The molecule has 1 heterocycles. The summed E-state index contributed by atoms with van der Waals surface area (Å²) < 4.78 is 0.168. The normalized spacial score (nSPS) is 16.3. The van der Waals surface area contributed by atoms with Crippen LogP contribution in [0.25, 0.3) is 0 Å². The van der Waals surface area contributed by atoms with Crippen molar-refractivity contribution in [3.05, 3.63) is 20.7 Å². The SMILES string of the molecule is O=c1[nH]c(=S)[nH]c(O)c1C1CC1. The molecule has 1 fully saturated rings. The Bertz CT molecular complexity index is 416. The molecule has 1 aliphatic carbocycles. The zero-order valence-corrected chi connectivity index (χ0v) is 7.07. The Kier molecular flexibility index (Phi) is 1.54. The molecule has 0 atom stereocenters. The quantitative estimate of drug-likeness (QED) is 0.571. The van der Waals surface area contributed by atoms with E-state index in [0.717, 1.165) is 12.8 Å². The molecule has 0 aliphatic heterocycles. The Morgan fingerprint density at radius 3 is 2.58 bits per heavy atom. The Morgan fingerprint density at radius 2 is 2.08 bits per heavy atom. The first-order chi connectivity index (χ1) is 5.68. The van der Waals surface area contributed by atoms with Gasteiger partial charge in [-0.2, -0.15) is 0 Å². The summed E-state index contributed by atoms with van der Waals surface area (Å²) in [6.45, 7) is 0. The van der Waals surface area contributed by atoms with E-state index in [9.17, 15) is 9.90 Å². The highest BCUT2D eigenvalue weighted by atomic mass is 32.1. The largest absolute Gasteiger partial charge is 0.494 e. The van der Waals surface area contributed by atoms with Crippen LogP contribution in [-0.2, 0) is 0 Å². The van der Waals surface area contributed by atoms with E-state index in [1.165, 1.54) is 0 Å². The lowest BCUT2D eigenvalue weighted by molar-refractivity contribution is 0.442. The van der Waals surface area contributed by atoms with Crippen molar-refractivity contribution < 1.29 is 5.11 Å². The lowest BCUT2D eigenvalue weighted by Crippen LogP contribution is -2.12. The number of nitrogens with one attached hydrogen (secondary N) is 2. The summed E-state index contributed by atoms with van der Waals surface area (Å²) in [5, 5.41) is 9.34. The highest BCUT2D eigenvalue weighted by Gasteiger charge is 2.29. The number of aromatic hydroxyl groups is 1. The first kappa shape index (κ1) is 7.54. The van der Waals surface area contributed by atoms with E-state index in [1.807, 2.05) is 0 Å². The Labute approximate surface area is 73.3 Å². The molecule has 0 radical (unpaired) electrons. The first-order valence-corrected chi connectivity index (χ1v) is 4.15. The minimum atomic E-state index is -0.265. The van der Waals surface area contributed by atoms with E-state index in [0.29, 0.717) is 5.56 Å². The van der Waals surface area contributed by atoms with Gasteiger partial charge in [0.1, 0.15) is 0 Å². The van der Waals surface area contributed by atoms with E-state index in [-0.39, 0.29) is 22.1 Å². The molecule has 5 heteroatoms. The van der Waals surface area contributed by atoms with Gasteiger partial charge in [-0.15, -0.1) is 0 Å². The summed E-state index contributed by atoms with van der Waals surface area (Å²) in [6.07, 6.45) is 1.95. The van der Waals surface area contributed by atoms with Crippen LogP contribution in [-0.4, -0.2) is 15.1 Å². The van der Waals surface area contributed by atoms with Gasteiger partial charge in [-0.1, -0.05) is 0 Å². The predicted molar refractivity (Wildman–Crippen MR) is 45.9 cm³/mol. The Balaban J connectivity index is 2.67. The molecule has 2 rings (SSSR count). The maximum Gasteiger partial charge on any atom is 0.258 e. The number of hydrogen-bond donors (Lipinski definition) is 3. The molecule has 64 valence electrons. The summed E-state index contributed by atoms with van der Waals surface area (Å²) in [5.74, 6) is 0.145. The van der Waals surface area contributed by atoms with Crippen LogP contribution in [0.1, 0.15) is 24.3 Å². The van der Waals surface area contributed by atoms with E-state index in [2.05, 4.69) is 22.2 Å². The van der Waals surface area contributed by atoms with Gasteiger partial charge in [0.05, 0.1) is 5.56 Å². The maximum atomic E-state index is 11.2. The van der Waals surface area contributed by atoms with Gasteiger partial charge < -0.3 is 10.1 Å². The van der Waals surface area contributed by atoms with Crippen molar-refractivity contribution in [1.82, 2.24) is 9.97 Å². The second-order valence-corrected chi connectivity index (χ2v) is 3.35. The molecular formula is C7H8N2O2S. The van der Waals surface area contributed by atoms with Gasteiger partial charge in [-0.25, -0.2) is 0 Å². The van der Waals surface area contributed by atoms with Gasteiger partial charge in [0.2, 0.25) is 0 Å². The molecule has 0 unspecified atom stereocenters. The van der Waals surface area contributed by atoms with Gasteiger partial charge in [0.15, 0.2) is 10.7 Å². The molecule has 0 amide bonds. The van der Waals surface area contributed by atoms with Gasteiger partial charge in [-0.05, 0) is 31.0 Å². The summed E-state index contributed by atoms with van der Waals surface area (Å²) in [6, 6.07) is 0. The smallest absolute Gasteiger partial charge is 0.258 e. The average molecular weight is 184 g/mol. The van der Waals surface area contributed by atoms with E-state index in [4.69, 9.17) is 0 Å². The van der Waals surface area contributed by atoms with Crippen LogP contribution in [0.4, 0.5) is 0 Å². The molecule has 0 bridgehead atoms. The number of aromatic nitrogens is 2. The third-order valence-corrected chi connectivity index (χ3v) is 2.15. The maximum absolute atomic E-state index is 11.2. The highest BCUT2D eigenvalue weighted by Crippen LogP contribution is 2.40. The molecule has 4 nitrogen and oxygen atoms in total. The number of aromatic amines is 2. The minimum Gasteiger partial charge on any atom is -0.494 e. The fraction of sp³-hybridized carbons (Fsp3) is 0.429. The standard InChI is InChI=1S/C7H8N2O2S/c10-5-4(3-1-2-3)6(11)9-7(12)8-5/h3H,1-2H2,(H3,8,9,10,11,12). The molecule has 0 spiro atoms. The van der Waals surface area contributed by atoms with Crippen molar-refractivity contribution in [2.75, 3.05) is 0 Å². The van der Waals surface area contributed by atoms with Crippen LogP contribution in [0, 0.1) is 4.77 Å². The molecule has 1 aliphatic rings. The first-order valence-electron chi connectivity index (χ1n) is 3.74. The second kappa shape index (κ2) is 2.45. The van der Waals surface area contributed by atoms with Crippen LogP contribution >= 0.6 is 12.2 Å². The predicted octanol–water partition coefficient (Wildman–Crippen LogP) is 1.02. The van der Waals surface area contributed by atoms with Crippen LogP contribution < -0.4 is 5.56 Å². The van der Waals surface area contributed by atoms with Gasteiger partial charge in [0.25, 0.3) is 5.56 Å². The highest BCUT2D eigenvalue weighted by molar-refractivity contribution is 7.71. The number of H-pyrrole nitrogens is 2. The fourth-order valence-corrected chi connectivity index (χ4v) is 1.42. The molecule has 1 aromatic heterocycles. The number of rotatable bonds is 1. The molecule has 12 heavy (non-hydrogen) atoms. The topological polar surface area (TPSA) is 68.9 Å². The third kappa shape index (κ3) is 1.16. The molecule has 1 aromatic rings. The monoisotopic (exact) mass is 184 g/mol. The van der Waals surface area contributed by atoms with Crippen LogP contribution in [0.3, 0.4) is 0 Å². The fourth-order valence-electron chi connectivity index (χ4n) is 1.23. The zero-order valence-electron chi connectivity index (χ0n) is 6.26. The Morgan fingerprint density at radius 1 is 1.42 bits per heavy atom. The molecular weight excluding hydrogens is 176 g/mol. The molecule has 1 saturated carbocycles. The van der Waals surface area contributed by atoms with Crippen molar-refractivity contribution in [2.24, 2.45) is 0 Å². The van der Waals surface area contributed by atoms with Crippen LogP contribution in [0.5, 0.6) is 5.88 Å². The van der Waals surface area contributed by atoms with Crippen LogP contribution in [0.2, 0.25) is 0 Å². The molecule has 3 N–H and O–H groups in total. The van der Waals surface area contributed by atoms with Gasteiger partial charge in [0, 0.05) is 0 Å². The summed E-state index contributed by atoms with van der Waals surface area (Å²) in [5.41, 5.74) is 0.183. The molecule has 0 saturated heterocycles. The van der Waals surface area contributed by atoms with Gasteiger partial charge >= 0.3 is 0 Å². The molecule has 0 aromatic carbocycles. The second-order valence-electron chi connectivity index (χ2n) is 2.94. The van der Waals surface area contributed by atoms with E-state index < -0.39 is 0 Å². The Hall–Kier alpha value is -1.10. The summed E-state index contributed by atoms with van der Waals surface area (Å²) in [7, 11) is 0. The van der Waals surface area contributed by atoms with E-state index in [1.54, 1.807) is 0 Å². The lowest BCUT2D eigenvalue weighted by Gasteiger charge is -1.99. The minimum absolute atomic E-state index is 0.0775. The van der Waals surface area contributed by atoms with Crippen molar-refractivity contribution in [3.63, 3.8) is 0 Å². The van der Waals surface area contributed by atoms with Gasteiger partial charge in [-0.3, -0.25) is 9.78 Å². The van der Waals surface area contributed by atoms with Crippen molar-refractivity contribution in [1.29, 1.82) is 0 Å². The average Bonchev–Trinajstić information content (AvgIpc) is 2.68. The van der Waals surface area contributed by atoms with E-state index >= 15 is 0 Å². The third-order valence-electron chi connectivity index (χ3n) is 1.94. The van der Waals surface area contributed by atoms with Crippen molar-refractivity contribution >= 4 is 12.2 Å². The zero-order chi connectivity index (χ0) is 8.72. The lowest BCUT2D eigenvalue weighted by atomic mass is 10.2. The summed E-state index contributed by atoms with van der Waals surface area (Å²) >= 11 is 4.68. The van der Waals surface area contributed by atoms with Crippen molar-refractivity contribution in [3.8, 4) is 5.88 Å². The van der Waals surface area contributed by atoms with Crippen LogP contribution in [0.15, 0.2) is 4.79 Å². The number of hydrogen-bond acceptors (Lipinski definition) is 3.